The van der Waals surface area contributed by atoms with E-state index in [2.05, 4.69) is 0 Å². The van der Waals surface area contributed by atoms with Gasteiger partial charge in [-0.15, -0.1) is 0 Å². The summed E-state index contributed by atoms with van der Waals surface area (Å²) in [7, 11) is 0. The third kappa shape index (κ3) is 6.23. The zero-order chi connectivity index (χ0) is 5.15. The summed E-state index contributed by atoms with van der Waals surface area (Å²) in [6.07, 6.45) is -5.81. The Morgan fingerprint density at radius 3 is 0.857 bits per heavy atom. The summed E-state index contributed by atoms with van der Waals surface area (Å²) in [5, 5.41) is 0. The molecule has 0 saturated carbocycles. The molecule has 2 radical (unpaired) electrons. The van der Waals surface area contributed by atoms with Crippen molar-refractivity contribution in [3.8, 4) is 0 Å². The zero-order valence-electron chi connectivity index (χ0n) is 3.22. The number of hydrogen-bond acceptors (Lipinski definition) is 0. The molecule has 0 fully saturated rings. The van der Waals surface area contributed by atoms with Crippen LogP contribution in [-0.2, 0) is 0 Å². The molecule has 5 heteroatoms. The van der Waals surface area contributed by atoms with E-state index >= 15 is 0 Å². The summed E-state index contributed by atoms with van der Waals surface area (Å²) in [6.45, 7) is 0. The van der Waals surface area contributed by atoms with Gasteiger partial charge >= 0.3 is 12.2 Å². The highest BCUT2D eigenvalue weighted by atomic mass is 24.3. The van der Waals surface area contributed by atoms with Crippen LogP contribution in [0.3, 0.4) is 0 Å². The Labute approximate surface area is 53.3 Å². The maximum Gasteiger partial charge on any atom is 0.334 e. The average Bonchev–Trinajstić information content (AvgIpc) is 1.36. The van der Waals surface area contributed by atoms with Crippen molar-refractivity contribution in [1.82, 2.24) is 0 Å². The van der Waals surface area contributed by atoms with E-state index in [0.717, 1.165) is 0 Å². The molecule has 0 aliphatic rings. The molecule has 0 bridgehead atoms. The number of rotatable bonds is 0. The summed E-state index contributed by atoms with van der Waals surface area (Å²) >= 11 is 0. The summed E-state index contributed by atoms with van der Waals surface area (Å²) in [4.78, 5) is 0. The van der Waals surface area contributed by atoms with Gasteiger partial charge in [0.2, 0.25) is 0 Å². The first-order chi connectivity index (χ1) is 2.64. The van der Waals surface area contributed by atoms with Crippen molar-refractivity contribution in [1.29, 1.82) is 0 Å². The Balaban J connectivity index is 0. The maximum atomic E-state index is 10.3. The molecule has 0 N–H and O–H groups in total. The number of hydrogen-bond donors (Lipinski definition) is 0. The lowest BCUT2D eigenvalue weighted by Gasteiger charge is -1.69. The lowest BCUT2D eigenvalue weighted by molar-refractivity contribution is 0.308. The van der Waals surface area contributed by atoms with Gasteiger partial charge in [0.1, 0.15) is 0 Å². The summed E-state index contributed by atoms with van der Waals surface area (Å²) < 4.78 is 41.1. The number of halogens is 4. The SMILES string of the molecule is FC(F)=C(F)F.[Mg]. The van der Waals surface area contributed by atoms with Gasteiger partial charge in [-0.05, 0) is 0 Å². The van der Waals surface area contributed by atoms with Crippen molar-refractivity contribution in [2.24, 2.45) is 0 Å². The van der Waals surface area contributed by atoms with Crippen molar-refractivity contribution in [3.05, 3.63) is 12.2 Å². The van der Waals surface area contributed by atoms with E-state index in [-0.39, 0.29) is 23.1 Å². The molecule has 0 spiro atoms. The minimum Gasteiger partial charge on any atom is -0.167 e. The van der Waals surface area contributed by atoms with Crippen LogP contribution in [0.5, 0.6) is 0 Å². The molecule has 0 aromatic rings. The topological polar surface area (TPSA) is 0 Å². The van der Waals surface area contributed by atoms with Crippen LogP contribution < -0.4 is 0 Å². The highest BCUT2D eigenvalue weighted by Crippen LogP contribution is 2.08. The second-order valence-corrected chi connectivity index (χ2v) is 0.521. The molecule has 0 unspecified atom stereocenters. The van der Waals surface area contributed by atoms with E-state index in [1.165, 1.54) is 0 Å². The first-order valence-corrected chi connectivity index (χ1v) is 1.01. The molecule has 0 aromatic heterocycles. The lowest BCUT2D eigenvalue weighted by atomic mass is 11.1. The predicted molar refractivity (Wildman–Crippen MR) is 17.2 cm³/mol. The van der Waals surface area contributed by atoms with Crippen molar-refractivity contribution in [3.63, 3.8) is 0 Å². The van der Waals surface area contributed by atoms with Gasteiger partial charge in [0.05, 0.1) is 0 Å². The van der Waals surface area contributed by atoms with Crippen LogP contribution in [0.4, 0.5) is 17.6 Å². The van der Waals surface area contributed by atoms with Gasteiger partial charge in [0.15, 0.2) is 0 Å². The molecule has 0 heterocycles. The fourth-order valence-corrected chi connectivity index (χ4v) is 0. The molecule has 0 atom stereocenters. The van der Waals surface area contributed by atoms with Crippen molar-refractivity contribution >= 4 is 23.1 Å². The third-order valence-electron chi connectivity index (χ3n) is 0.143. The van der Waals surface area contributed by atoms with E-state index in [0.29, 0.717) is 0 Å². The van der Waals surface area contributed by atoms with Crippen molar-refractivity contribution < 1.29 is 17.6 Å². The van der Waals surface area contributed by atoms with Crippen LogP contribution in [0.2, 0.25) is 0 Å². The molecule has 0 rings (SSSR count). The average molecular weight is 124 g/mol. The Hall–Kier alpha value is 0.226. The molecule has 0 aromatic carbocycles. The Bertz CT molecular complexity index is 59.8. The van der Waals surface area contributed by atoms with E-state index < -0.39 is 12.2 Å². The largest absolute Gasteiger partial charge is 0.334 e. The van der Waals surface area contributed by atoms with Crippen LogP contribution in [0, 0.1) is 0 Å². The van der Waals surface area contributed by atoms with Gasteiger partial charge in [-0.1, -0.05) is 0 Å². The van der Waals surface area contributed by atoms with Gasteiger partial charge in [-0.25, -0.2) is 0 Å². The molecular formula is C2F4Mg. The van der Waals surface area contributed by atoms with Crippen LogP contribution in [0.1, 0.15) is 0 Å². The summed E-state index contributed by atoms with van der Waals surface area (Å²) in [5.41, 5.74) is 0. The van der Waals surface area contributed by atoms with Crippen molar-refractivity contribution in [2.45, 2.75) is 0 Å². The minimum atomic E-state index is -2.91. The third-order valence-corrected chi connectivity index (χ3v) is 0.143. The highest BCUT2D eigenvalue weighted by molar-refractivity contribution is 5.75. The van der Waals surface area contributed by atoms with Gasteiger partial charge in [-0.3, -0.25) is 0 Å². The molecule has 0 nitrogen and oxygen atoms in total. The molecule has 0 amide bonds. The van der Waals surface area contributed by atoms with Crippen LogP contribution in [0.25, 0.3) is 0 Å². The van der Waals surface area contributed by atoms with Crippen LogP contribution >= 0.6 is 0 Å². The maximum absolute atomic E-state index is 10.3. The molecule has 7 heavy (non-hydrogen) atoms. The first kappa shape index (κ1) is 10.3. The van der Waals surface area contributed by atoms with Crippen LogP contribution in [0.15, 0.2) is 12.2 Å². The van der Waals surface area contributed by atoms with E-state index in [1.54, 1.807) is 0 Å². The fraction of sp³-hybridized carbons (Fsp3) is 0. The Morgan fingerprint density at radius 2 is 0.857 bits per heavy atom. The van der Waals surface area contributed by atoms with Gasteiger partial charge < -0.3 is 0 Å². The predicted octanol–water partition coefficient (Wildman–Crippen LogP) is 1.61. The monoisotopic (exact) mass is 124 g/mol. The fourth-order valence-electron chi connectivity index (χ4n) is 0. The molecule has 38 valence electrons. The summed E-state index contributed by atoms with van der Waals surface area (Å²) in [6, 6.07) is 0. The smallest absolute Gasteiger partial charge is 0.167 e. The molecular weight excluding hydrogens is 124 g/mol. The zero-order valence-corrected chi connectivity index (χ0v) is 4.63. The van der Waals surface area contributed by atoms with E-state index in [9.17, 15) is 17.6 Å². The normalized spacial score (nSPS) is 6.86. The highest BCUT2D eigenvalue weighted by Gasteiger charge is 1.98. The second kappa shape index (κ2) is 4.39. The first-order valence-electron chi connectivity index (χ1n) is 1.01. The Morgan fingerprint density at radius 1 is 0.714 bits per heavy atom. The molecule has 0 aliphatic heterocycles. The van der Waals surface area contributed by atoms with E-state index in [4.69, 9.17) is 0 Å². The second-order valence-electron chi connectivity index (χ2n) is 0.521. The Kier molecular flexibility index (Phi) is 6.43. The van der Waals surface area contributed by atoms with Gasteiger partial charge in [0.25, 0.3) is 0 Å². The van der Waals surface area contributed by atoms with Crippen molar-refractivity contribution in [2.75, 3.05) is 0 Å². The van der Waals surface area contributed by atoms with Gasteiger partial charge in [0, 0.05) is 23.1 Å². The quantitative estimate of drug-likeness (QED) is 0.340. The minimum absolute atomic E-state index is 0. The standard InChI is InChI=1S/C2F4.Mg/c3-1(4)2(5)6;. The van der Waals surface area contributed by atoms with Gasteiger partial charge in [-0.2, -0.15) is 17.6 Å². The van der Waals surface area contributed by atoms with E-state index in [1.807, 2.05) is 0 Å². The summed E-state index contributed by atoms with van der Waals surface area (Å²) in [5.74, 6) is 0. The van der Waals surface area contributed by atoms with Crippen LogP contribution in [-0.4, -0.2) is 23.1 Å². The molecule has 0 aliphatic carbocycles. The lowest BCUT2D eigenvalue weighted by Crippen LogP contribution is -1.56. The molecule has 0 saturated heterocycles.